The van der Waals surface area contributed by atoms with E-state index in [4.69, 9.17) is 20.8 Å². The first kappa shape index (κ1) is 19.6. The van der Waals surface area contributed by atoms with Crippen molar-refractivity contribution in [2.24, 2.45) is 0 Å². The monoisotopic (exact) mass is 420 g/mol. The second-order valence-corrected chi connectivity index (χ2v) is 6.89. The van der Waals surface area contributed by atoms with Crippen LogP contribution in [0.1, 0.15) is 5.56 Å². The Kier molecular flexibility index (Phi) is 5.46. The Hall–Kier alpha value is -3.70. The number of benzene rings is 3. The molecular weight excluding hydrogens is 407 g/mol. The average molecular weight is 421 g/mol. The first-order valence-corrected chi connectivity index (χ1v) is 9.34. The van der Waals surface area contributed by atoms with Crippen molar-refractivity contribution in [3.8, 4) is 16.9 Å². The van der Waals surface area contributed by atoms with Crippen molar-refractivity contribution >= 4 is 34.6 Å². The molecule has 0 bridgehead atoms. The van der Waals surface area contributed by atoms with Crippen LogP contribution in [-0.4, -0.2) is 5.97 Å². The fourth-order valence-electron chi connectivity index (χ4n) is 2.89. The van der Waals surface area contributed by atoms with Gasteiger partial charge >= 0.3 is 5.97 Å². The second-order valence-electron chi connectivity index (χ2n) is 6.45. The number of halogens is 2. The van der Waals surface area contributed by atoms with E-state index >= 15 is 0 Å². The predicted molar refractivity (Wildman–Crippen MR) is 114 cm³/mol. The van der Waals surface area contributed by atoms with Gasteiger partial charge < -0.3 is 9.15 Å². The molecule has 0 atom stereocenters. The van der Waals surface area contributed by atoms with Crippen molar-refractivity contribution in [1.29, 1.82) is 0 Å². The van der Waals surface area contributed by atoms with E-state index < -0.39 is 5.97 Å². The largest absolute Gasteiger partial charge is 0.463 e. The summed E-state index contributed by atoms with van der Waals surface area (Å²) >= 11 is 5.89. The fraction of sp³-hybridized carbons (Fsp3) is 0. The van der Waals surface area contributed by atoms with E-state index in [2.05, 4.69) is 0 Å². The summed E-state index contributed by atoms with van der Waals surface area (Å²) in [6.07, 6.45) is 4.12. The van der Waals surface area contributed by atoms with Gasteiger partial charge in [0.25, 0.3) is 0 Å². The Balaban J connectivity index is 1.55. The van der Waals surface area contributed by atoms with Crippen LogP contribution in [0.15, 0.2) is 88.3 Å². The number of ether oxygens (including phenoxy) is 1. The summed E-state index contributed by atoms with van der Waals surface area (Å²) in [5.74, 6) is -0.732. The van der Waals surface area contributed by atoms with Gasteiger partial charge in [0.1, 0.15) is 23.4 Å². The van der Waals surface area contributed by atoms with Crippen LogP contribution in [0.25, 0.3) is 28.2 Å². The van der Waals surface area contributed by atoms with Gasteiger partial charge in [-0.3, -0.25) is 4.79 Å². The quantitative estimate of drug-likeness (QED) is 0.235. The number of carbonyl (C=O) groups excluding carboxylic acids is 1. The second kappa shape index (κ2) is 8.35. The first-order chi connectivity index (χ1) is 14.5. The molecule has 0 amide bonds. The van der Waals surface area contributed by atoms with Gasteiger partial charge in [0.2, 0.25) is 0 Å². The van der Waals surface area contributed by atoms with Crippen molar-refractivity contribution in [1.82, 2.24) is 0 Å². The standard InChI is InChI=1S/C24H14ClFO4/c25-17-6-4-16(5-7-17)21-14-29-22-13-19(10-11-20(22)24(21)28)30-23(27)12-3-15-1-8-18(26)9-2-15/h1-14H/b12-3+. The molecule has 1 aromatic heterocycles. The molecule has 0 radical (unpaired) electrons. The van der Waals surface area contributed by atoms with Crippen molar-refractivity contribution < 1.29 is 18.3 Å². The van der Waals surface area contributed by atoms with Gasteiger partial charge in [-0.25, -0.2) is 9.18 Å². The van der Waals surface area contributed by atoms with Gasteiger partial charge in [-0.1, -0.05) is 35.9 Å². The van der Waals surface area contributed by atoms with E-state index in [0.717, 1.165) is 0 Å². The molecule has 0 fully saturated rings. The zero-order valence-electron chi connectivity index (χ0n) is 15.5. The highest BCUT2D eigenvalue weighted by atomic mass is 35.5. The van der Waals surface area contributed by atoms with E-state index in [1.165, 1.54) is 42.7 Å². The van der Waals surface area contributed by atoms with Gasteiger partial charge in [0.05, 0.1) is 10.9 Å². The van der Waals surface area contributed by atoms with Crippen molar-refractivity contribution in [3.05, 3.63) is 106 Å². The molecule has 1 heterocycles. The van der Waals surface area contributed by atoms with Crippen LogP contribution >= 0.6 is 11.6 Å². The van der Waals surface area contributed by atoms with E-state index in [1.54, 1.807) is 42.5 Å². The third kappa shape index (κ3) is 4.31. The van der Waals surface area contributed by atoms with Crippen LogP contribution in [0.5, 0.6) is 5.75 Å². The smallest absolute Gasteiger partial charge is 0.336 e. The molecule has 3 aromatic carbocycles. The lowest BCUT2D eigenvalue weighted by Gasteiger charge is -2.05. The Bertz CT molecular complexity index is 1310. The van der Waals surface area contributed by atoms with E-state index in [-0.39, 0.29) is 17.0 Å². The van der Waals surface area contributed by atoms with Crippen LogP contribution in [0, 0.1) is 5.82 Å². The van der Waals surface area contributed by atoms with Gasteiger partial charge in [-0.05, 0) is 53.6 Å². The number of rotatable bonds is 4. The lowest BCUT2D eigenvalue weighted by molar-refractivity contribution is -0.128. The van der Waals surface area contributed by atoms with Gasteiger partial charge in [0.15, 0.2) is 5.43 Å². The van der Waals surface area contributed by atoms with Crippen LogP contribution in [-0.2, 0) is 4.79 Å². The molecule has 4 rings (SSSR count). The van der Waals surface area contributed by atoms with Crippen LogP contribution < -0.4 is 10.2 Å². The maximum absolute atomic E-state index is 12.9. The highest BCUT2D eigenvalue weighted by Gasteiger charge is 2.11. The normalized spacial score (nSPS) is 11.1. The molecule has 0 aliphatic rings. The third-order valence-corrected chi connectivity index (χ3v) is 4.65. The molecule has 4 nitrogen and oxygen atoms in total. The molecule has 148 valence electrons. The molecule has 0 unspecified atom stereocenters. The first-order valence-electron chi connectivity index (χ1n) is 8.96. The minimum atomic E-state index is -0.612. The summed E-state index contributed by atoms with van der Waals surface area (Å²) < 4.78 is 23.8. The van der Waals surface area contributed by atoms with Crippen molar-refractivity contribution in [2.75, 3.05) is 0 Å². The number of hydrogen-bond acceptors (Lipinski definition) is 4. The summed E-state index contributed by atoms with van der Waals surface area (Å²) in [4.78, 5) is 24.8. The lowest BCUT2D eigenvalue weighted by atomic mass is 10.1. The summed E-state index contributed by atoms with van der Waals surface area (Å²) in [5.41, 5.74) is 1.85. The molecule has 0 N–H and O–H groups in total. The van der Waals surface area contributed by atoms with Crippen LogP contribution in [0.4, 0.5) is 4.39 Å². The molecule has 30 heavy (non-hydrogen) atoms. The molecule has 0 spiro atoms. The Morgan fingerprint density at radius 2 is 1.73 bits per heavy atom. The molecule has 0 aliphatic carbocycles. The molecule has 0 saturated carbocycles. The van der Waals surface area contributed by atoms with Crippen LogP contribution in [0.2, 0.25) is 5.02 Å². The third-order valence-electron chi connectivity index (χ3n) is 4.40. The summed E-state index contributed by atoms with van der Waals surface area (Å²) in [6.45, 7) is 0. The highest BCUT2D eigenvalue weighted by Crippen LogP contribution is 2.24. The predicted octanol–water partition coefficient (Wildman–Crippen LogP) is 5.87. The lowest BCUT2D eigenvalue weighted by Crippen LogP contribution is -2.06. The van der Waals surface area contributed by atoms with Gasteiger partial charge in [0, 0.05) is 17.2 Å². The Morgan fingerprint density at radius 3 is 2.47 bits per heavy atom. The molecule has 0 aliphatic heterocycles. The highest BCUT2D eigenvalue weighted by molar-refractivity contribution is 6.30. The fourth-order valence-corrected chi connectivity index (χ4v) is 3.02. The molecule has 6 heteroatoms. The zero-order valence-corrected chi connectivity index (χ0v) is 16.2. The van der Waals surface area contributed by atoms with Crippen molar-refractivity contribution in [2.45, 2.75) is 0 Å². The van der Waals surface area contributed by atoms with E-state index in [9.17, 15) is 14.0 Å². The number of fused-ring (bicyclic) bond motifs is 1. The SMILES string of the molecule is O=C(/C=C/c1ccc(F)cc1)Oc1ccc2c(=O)c(-c3ccc(Cl)cc3)coc2c1. The maximum atomic E-state index is 12.9. The van der Waals surface area contributed by atoms with Gasteiger partial charge in [-0.2, -0.15) is 0 Å². The minimum absolute atomic E-state index is 0.201. The zero-order chi connectivity index (χ0) is 21.1. The molecule has 0 saturated heterocycles. The summed E-state index contributed by atoms with van der Waals surface area (Å²) in [5, 5.41) is 0.938. The minimum Gasteiger partial charge on any atom is -0.463 e. The summed E-state index contributed by atoms with van der Waals surface area (Å²) in [6, 6.07) is 17.1. The summed E-state index contributed by atoms with van der Waals surface area (Å²) in [7, 11) is 0. The average Bonchev–Trinajstić information content (AvgIpc) is 2.74. The van der Waals surface area contributed by atoms with Gasteiger partial charge in [-0.15, -0.1) is 0 Å². The van der Waals surface area contributed by atoms with E-state index in [0.29, 0.717) is 32.7 Å². The van der Waals surface area contributed by atoms with E-state index in [1.807, 2.05) is 0 Å². The van der Waals surface area contributed by atoms with Crippen molar-refractivity contribution in [3.63, 3.8) is 0 Å². The number of esters is 1. The Labute approximate surface area is 175 Å². The maximum Gasteiger partial charge on any atom is 0.336 e. The Morgan fingerprint density at radius 1 is 1.00 bits per heavy atom. The molecular formula is C24H14ClFO4. The van der Waals surface area contributed by atoms with Crippen LogP contribution in [0.3, 0.4) is 0 Å². The number of carbonyl (C=O) groups is 1. The topological polar surface area (TPSA) is 56.5 Å². The molecule has 4 aromatic rings. The number of hydrogen-bond donors (Lipinski definition) is 0.